The second-order valence-corrected chi connectivity index (χ2v) is 2.71. The maximum Gasteiger partial charge on any atom is 0.342 e. The summed E-state index contributed by atoms with van der Waals surface area (Å²) in [5.41, 5.74) is -0.886. The van der Waals surface area contributed by atoms with Gasteiger partial charge in [-0.3, -0.25) is 0 Å². The Bertz CT molecular complexity index is 220. The monoisotopic (exact) mass is 168 g/mol. The molecule has 66 valence electrons. The molecule has 0 aromatic rings. The molecular weight excluding hydrogens is 156 g/mol. The minimum atomic E-state index is -0.886. The average molecular weight is 168 g/mol. The molecule has 0 amide bonds. The van der Waals surface area contributed by atoms with Crippen molar-refractivity contribution < 1.29 is 14.3 Å². The molecule has 0 N–H and O–H groups in total. The van der Waals surface area contributed by atoms with Crippen molar-refractivity contribution in [2.45, 2.75) is 12.5 Å². The Balaban J connectivity index is 2.50. The lowest BCUT2D eigenvalue weighted by Crippen LogP contribution is -2.35. The molecule has 1 rings (SSSR count). The molecule has 0 saturated heterocycles. The number of esters is 1. The molecule has 0 aliphatic carbocycles. The molecule has 0 fully saturated rings. The highest BCUT2D eigenvalue weighted by Crippen LogP contribution is 2.19. The van der Waals surface area contributed by atoms with E-state index in [4.69, 9.17) is 9.47 Å². The normalized spacial score (nSPS) is 27.1. The van der Waals surface area contributed by atoms with Crippen LogP contribution >= 0.6 is 0 Å². The van der Waals surface area contributed by atoms with Gasteiger partial charge in [0.2, 0.25) is 0 Å². The van der Waals surface area contributed by atoms with E-state index in [-0.39, 0.29) is 12.6 Å². The maximum absolute atomic E-state index is 11.3. The van der Waals surface area contributed by atoms with E-state index < -0.39 is 5.60 Å². The molecule has 0 spiro atoms. The predicted molar refractivity (Wildman–Crippen MR) is 44.7 cm³/mol. The summed E-state index contributed by atoms with van der Waals surface area (Å²) in [6.07, 6.45) is 5.04. The molecule has 3 heteroatoms. The Morgan fingerprint density at radius 3 is 3.17 bits per heavy atom. The quantitative estimate of drug-likeness (QED) is 0.467. The first kappa shape index (κ1) is 9.00. The third-order valence-electron chi connectivity index (χ3n) is 1.65. The van der Waals surface area contributed by atoms with Crippen molar-refractivity contribution in [2.75, 3.05) is 13.2 Å². The van der Waals surface area contributed by atoms with Gasteiger partial charge in [-0.25, -0.2) is 4.79 Å². The second kappa shape index (κ2) is 3.54. The lowest BCUT2D eigenvalue weighted by molar-refractivity contribution is -0.160. The fraction of sp³-hybridized carbons (Fsp3) is 0.444. The summed E-state index contributed by atoms with van der Waals surface area (Å²) in [7, 11) is 0. The van der Waals surface area contributed by atoms with Crippen LogP contribution < -0.4 is 0 Å². The van der Waals surface area contributed by atoms with Gasteiger partial charge >= 0.3 is 5.97 Å². The first-order valence-corrected chi connectivity index (χ1v) is 3.79. The molecule has 1 atom stereocenters. The van der Waals surface area contributed by atoms with Gasteiger partial charge in [-0.05, 0) is 13.0 Å². The third-order valence-corrected chi connectivity index (χ3v) is 1.65. The van der Waals surface area contributed by atoms with Crippen LogP contribution in [-0.4, -0.2) is 24.8 Å². The molecule has 0 radical (unpaired) electrons. The molecule has 1 unspecified atom stereocenters. The van der Waals surface area contributed by atoms with Crippen molar-refractivity contribution in [1.29, 1.82) is 0 Å². The van der Waals surface area contributed by atoms with Gasteiger partial charge in [0, 0.05) is 0 Å². The van der Waals surface area contributed by atoms with E-state index in [0.717, 1.165) is 0 Å². The van der Waals surface area contributed by atoms with Gasteiger partial charge in [0.05, 0.1) is 6.61 Å². The summed E-state index contributed by atoms with van der Waals surface area (Å²) in [5.74, 6) is -0.365. The van der Waals surface area contributed by atoms with Gasteiger partial charge in [-0.2, -0.15) is 0 Å². The van der Waals surface area contributed by atoms with Crippen LogP contribution in [0.5, 0.6) is 0 Å². The smallest absolute Gasteiger partial charge is 0.342 e. The van der Waals surface area contributed by atoms with E-state index >= 15 is 0 Å². The molecule has 0 aromatic carbocycles. The number of ether oxygens (including phenoxy) is 2. The topological polar surface area (TPSA) is 35.5 Å². The SMILES string of the molecule is C=CCOC(=O)C1(C)C=CCO1. The number of rotatable bonds is 3. The molecule has 1 aliphatic heterocycles. The molecule has 12 heavy (non-hydrogen) atoms. The minimum Gasteiger partial charge on any atom is -0.459 e. The first-order chi connectivity index (χ1) is 5.69. The van der Waals surface area contributed by atoms with Gasteiger partial charge in [0.25, 0.3) is 0 Å². The summed E-state index contributed by atoms with van der Waals surface area (Å²) < 4.78 is 10.0. The van der Waals surface area contributed by atoms with Crippen LogP contribution in [0.4, 0.5) is 0 Å². The summed E-state index contributed by atoms with van der Waals surface area (Å²) in [6.45, 7) is 5.83. The van der Waals surface area contributed by atoms with Gasteiger partial charge in [0.1, 0.15) is 6.61 Å². The van der Waals surface area contributed by atoms with Crippen molar-refractivity contribution in [3.8, 4) is 0 Å². The van der Waals surface area contributed by atoms with Crippen molar-refractivity contribution in [3.05, 3.63) is 24.8 Å². The van der Waals surface area contributed by atoms with Crippen molar-refractivity contribution in [2.24, 2.45) is 0 Å². The number of hydrogen-bond donors (Lipinski definition) is 0. The van der Waals surface area contributed by atoms with Gasteiger partial charge in [0.15, 0.2) is 5.60 Å². The van der Waals surface area contributed by atoms with Gasteiger partial charge in [-0.1, -0.05) is 18.7 Å². The molecular formula is C9H12O3. The van der Waals surface area contributed by atoms with E-state index in [1.54, 1.807) is 19.1 Å². The highest BCUT2D eigenvalue weighted by Gasteiger charge is 2.35. The van der Waals surface area contributed by atoms with Crippen molar-refractivity contribution in [1.82, 2.24) is 0 Å². The average Bonchev–Trinajstić information content (AvgIpc) is 2.49. The van der Waals surface area contributed by atoms with E-state index in [0.29, 0.717) is 6.61 Å². The van der Waals surface area contributed by atoms with Gasteiger partial charge < -0.3 is 9.47 Å². The van der Waals surface area contributed by atoms with Crippen molar-refractivity contribution in [3.63, 3.8) is 0 Å². The Hall–Kier alpha value is -1.09. The van der Waals surface area contributed by atoms with E-state index in [1.807, 2.05) is 0 Å². The molecule has 1 heterocycles. The Labute approximate surface area is 71.7 Å². The van der Waals surface area contributed by atoms with Crippen LogP contribution in [0.15, 0.2) is 24.8 Å². The van der Waals surface area contributed by atoms with Crippen LogP contribution in [0, 0.1) is 0 Å². The van der Waals surface area contributed by atoms with E-state index in [1.165, 1.54) is 6.08 Å². The molecule has 1 aliphatic rings. The first-order valence-electron chi connectivity index (χ1n) is 3.79. The number of carbonyl (C=O) groups excluding carboxylic acids is 1. The summed E-state index contributed by atoms with van der Waals surface area (Å²) >= 11 is 0. The molecule has 0 aromatic heterocycles. The maximum atomic E-state index is 11.3. The van der Waals surface area contributed by atoms with Crippen molar-refractivity contribution >= 4 is 5.97 Å². The van der Waals surface area contributed by atoms with E-state index in [2.05, 4.69) is 6.58 Å². The zero-order chi connectivity index (χ0) is 9.03. The highest BCUT2D eigenvalue weighted by atomic mass is 16.6. The summed E-state index contributed by atoms with van der Waals surface area (Å²) in [5, 5.41) is 0. The predicted octanol–water partition coefficient (Wildman–Crippen LogP) is 1.06. The Morgan fingerprint density at radius 1 is 1.92 bits per heavy atom. The lowest BCUT2D eigenvalue weighted by Gasteiger charge is -2.18. The van der Waals surface area contributed by atoms with E-state index in [9.17, 15) is 4.79 Å². The van der Waals surface area contributed by atoms with Crippen LogP contribution in [0.2, 0.25) is 0 Å². The fourth-order valence-corrected chi connectivity index (χ4v) is 0.947. The van der Waals surface area contributed by atoms with Crippen LogP contribution in [0.3, 0.4) is 0 Å². The van der Waals surface area contributed by atoms with Crippen LogP contribution in [0.1, 0.15) is 6.92 Å². The highest BCUT2D eigenvalue weighted by molar-refractivity contribution is 5.82. The summed E-state index contributed by atoms with van der Waals surface area (Å²) in [4.78, 5) is 11.3. The fourth-order valence-electron chi connectivity index (χ4n) is 0.947. The standard InChI is InChI=1S/C9H12O3/c1-3-6-11-8(10)9(2)5-4-7-12-9/h3-5H,1,6-7H2,2H3. The largest absolute Gasteiger partial charge is 0.459 e. The zero-order valence-corrected chi connectivity index (χ0v) is 7.08. The van der Waals surface area contributed by atoms with Gasteiger partial charge in [-0.15, -0.1) is 0 Å². The zero-order valence-electron chi connectivity index (χ0n) is 7.08. The molecule has 0 bridgehead atoms. The Morgan fingerprint density at radius 2 is 2.67 bits per heavy atom. The molecule has 3 nitrogen and oxygen atoms in total. The van der Waals surface area contributed by atoms with Crippen LogP contribution in [-0.2, 0) is 14.3 Å². The number of carbonyl (C=O) groups is 1. The Kier molecular flexibility index (Phi) is 2.65. The minimum absolute atomic E-state index is 0.228. The lowest BCUT2D eigenvalue weighted by atomic mass is 10.1. The molecule has 0 saturated carbocycles. The number of hydrogen-bond acceptors (Lipinski definition) is 3. The second-order valence-electron chi connectivity index (χ2n) is 2.71. The van der Waals surface area contributed by atoms with Crippen LogP contribution in [0.25, 0.3) is 0 Å². The summed E-state index contributed by atoms with van der Waals surface area (Å²) in [6, 6.07) is 0. The third kappa shape index (κ3) is 1.74.